The molecule has 6 atom stereocenters. The summed E-state index contributed by atoms with van der Waals surface area (Å²) in [5.74, 6) is 5.28. The van der Waals surface area contributed by atoms with E-state index in [9.17, 15) is 4.79 Å². The molecule has 52 valence electrons. The van der Waals surface area contributed by atoms with Gasteiger partial charge in [-0.15, -0.1) is 0 Å². The van der Waals surface area contributed by atoms with Crippen LogP contribution in [0.3, 0.4) is 0 Å². The minimum atomic E-state index is 0.315. The quantitative estimate of drug-likeness (QED) is 0.524. The molecule has 0 spiro atoms. The maximum atomic E-state index is 11.3. The van der Waals surface area contributed by atoms with E-state index in [0.717, 1.165) is 29.6 Å². The van der Waals surface area contributed by atoms with Crippen LogP contribution in [0, 0.1) is 35.0 Å². The highest BCUT2D eigenvalue weighted by molar-refractivity contribution is 5.91. The smallest absolute Gasteiger partial charge is 0.136 e. The molecule has 5 aliphatic rings. The Morgan fingerprint density at radius 3 is 2.50 bits per heavy atom. The zero-order valence-corrected chi connectivity index (χ0v) is 6.00. The SMILES string of the molecule is CC(=O)C12C3CC4C(C41)C32. The van der Waals surface area contributed by atoms with Crippen molar-refractivity contribution in [2.45, 2.75) is 13.3 Å². The van der Waals surface area contributed by atoms with Gasteiger partial charge in [0.15, 0.2) is 0 Å². The van der Waals surface area contributed by atoms with Gasteiger partial charge < -0.3 is 0 Å². The largest absolute Gasteiger partial charge is 0.299 e. The first-order valence-corrected chi connectivity index (χ1v) is 4.30. The monoisotopic (exact) mass is 134 g/mol. The summed E-state index contributed by atoms with van der Waals surface area (Å²) in [6.45, 7) is 1.81. The van der Waals surface area contributed by atoms with Gasteiger partial charge in [0.25, 0.3) is 0 Å². The fourth-order valence-corrected chi connectivity index (χ4v) is 4.68. The standard InChI is InChI=1S/C9H10O/c1-3(10)9-5-2-4-6(7(4)9)8(5)9/h4-8H,2H2,1H3. The summed E-state index contributed by atoms with van der Waals surface area (Å²) < 4.78 is 0. The number of hydrogen-bond donors (Lipinski definition) is 0. The van der Waals surface area contributed by atoms with Crippen molar-refractivity contribution < 1.29 is 4.79 Å². The molecule has 5 fully saturated rings. The molecular weight excluding hydrogens is 124 g/mol. The van der Waals surface area contributed by atoms with Crippen LogP contribution < -0.4 is 0 Å². The molecule has 5 rings (SSSR count). The second-order valence-electron chi connectivity index (χ2n) is 4.62. The number of carbonyl (C=O) groups excluding carboxylic acids is 1. The van der Waals surface area contributed by atoms with Gasteiger partial charge in [-0.1, -0.05) is 0 Å². The molecule has 0 amide bonds. The molecule has 0 aromatic carbocycles. The Balaban J connectivity index is 1.95. The first-order chi connectivity index (χ1) is 4.79. The van der Waals surface area contributed by atoms with Gasteiger partial charge >= 0.3 is 0 Å². The molecule has 0 heterocycles. The third-order valence-electron chi connectivity index (χ3n) is 4.82. The van der Waals surface area contributed by atoms with Crippen molar-refractivity contribution in [1.29, 1.82) is 0 Å². The summed E-state index contributed by atoms with van der Waals surface area (Å²) in [6, 6.07) is 0. The molecule has 0 saturated heterocycles. The number of rotatable bonds is 1. The van der Waals surface area contributed by atoms with E-state index >= 15 is 0 Å². The third-order valence-corrected chi connectivity index (χ3v) is 4.82. The molecule has 0 N–H and O–H groups in total. The van der Waals surface area contributed by atoms with Crippen LogP contribution in [-0.2, 0) is 4.79 Å². The van der Waals surface area contributed by atoms with Gasteiger partial charge in [-0.25, -0.2) is 0 Å². The van der Waals surface area contributed by atoms with E-state index in [-0.39, 0.29) is 0 Å². The molecule has 5 saturated carbocycles. The maximum absolute atomic E-state index is 11.3. The van der Waals surface area contributed by atoms with Crippen LogP contribution in [0.2, 0.25) is 0 Å². The van der Waals surface area contributed by atoms with E-state index in [0.29, 0.717) is 11.2 Å². The van der Waals surface area contributed by atoms with Gasteiger partial charge in [0.2, 0.25) is 0 Å². The van der Waals surface area contributed by atoms with Crippen LogP contribution in [0.25, 0.3) is 0 Å². The topological polar surface area (TPSA) is 17.1 Å². The molecule has 6 unspecified atom stereocenters. The second kappa shape index (κ2) is 0.838. The molecule has 5 aliphatic carbocycles. The zero-order valence-electron chi connectivity index (χ0n) is 6.00. The Bertz CT molecular complexity index is 249. The molecule has 2 bridgehead atoms. The van der Waals surface area contributed by atoms with Crippen molar-refractivity contribution in [1.82, 2.24) is 0 Å². The highest BCUT2D eigenvalue weighted by Gasteiger charge is 2.97. The van der Waals surface area contributed by atoms with Gasteiger partial charge in [0, 0.05) is 5.41 Å². The van der Waals surface area contributed by atoms with Gasteiger partial charge in [-0.2, -0.15) is 0 Å². The van der Waals surface area contributed by atoms with E-state index in [1.165, 1.54) is 6.42 Å². The fourth-order valence-electron chi connectivity index (χ4n) is 4.68. The lowest BCUT2D eigenvalue weighted by Crippen LogP contribution is -2.26. The summed E-state index contributed by atoms with van der Waals surface area (Å²) in [4.78, 5) is 11.3. The lowest BCUT2D eigenvalue weighted by atomic mass is 9.81. The Kier molecular flexibility index (Phi) is 0.379. The highest BCUT2D eigenvalue weighted by Crippen LogP contribution is 2.98. The van der Waals surface area contributed by atoms with Crippen molar-refractivity contribution in [3.63, 3.8) is 0 Å². The lowest BCUT2D eigenvalue weighted by Gasteiger charge is -2.20. The van der Waals surface area contributed by atoms with Crippen LogP contribution in [0.1, 0.15) is 13.3 Å². The van der Waals surface area contributed by atoms with Gasteiger partial charge in [0.1, 0.15) is 5.78 Å². The zero-order chi connectivity index (χ0) is 6.67. The summed E-state index contributed by atoms with van der Waals surface area (Å²) in [5, 5.41) is 0. The van der Waals surface area contributed by atoms with Crippen LogP contribution in [0.15, 0.2) is 0 Å². The Morgan fingerprint density at radius 1 is 1.50 bits per heavy atom. The van der Waals surface area contributed by atoms with E-state index in [4.69, 9.17) is 0 Å². The molecule has 0 aromatic heterocycles. The molecule has 0 aliphatic heterocycles. The van der Waals surface area contributed by atoms with Crippen molar-refractivity contribution in [3.8, 4) is 0 Å². The van der Waals surface area contributed by atoms with Crippen molar-refractivity contribution in [2.24, 2.45) is 35.0 Å². The lowest BCUT2D eigenvalue weighted by molar-refractivity contribution is -0.125. The van der Waals surface area contributed by atoms with E-state index in [1.807, 2.05) is 6.92 Å². The average molecular weight is 134 g/mol. The summed E-state index contributed by atoms with van der Waals surface area (Å²) >= 11 is 0. The first kappa shape index (κ1) is 4.53. The van der Waals surface area contributed by atoms with Crippen LogP contribution in [0.5, 0.6) is 0 Å². The van der Waals surface area contributed by atoms with Crippen LogP contribution in [-0.4, -0.2) is 5.78 Å². The molecule has 0 aromatic rings. The Morgan fingerprint density at radius 2 is 2.30 bits per heavy atom. The predicted octanol–water partition coefficient (Wildman–Crippen LogP) is 1.09. The van der Waals surface area contributed by atoms with Crippen molar-refractivity contribution >= 4 is 5.78 Å². The first-order valence-electron chi connectivity index (χ1n) is 4.30. The van der Waals surface area contributed by atoms with Gasteiger partial charge in [0.05, 0.1) is 0 Å². The normalized spacial score (nSPS) is 77.9. The van der Waals surface area contributed by atoms with Gasteiger partial charge in [-0.05, 0) is 42.9 Å². The van der Waals surface area contributed by atoms with E-state index in [1.54, 1.807) is 0 Å². The molecule has 1 nitrogen and oxygen atoms in total. The van der Waals surface area contributed by atoms with E-state index in [2.05, 4.69) is 0 Å². The number of Topliss-reactive ketones (excluding diaryl/α,β-unsaturated/α-hetero) is 1. The molecule has 0 radical (unpaired) electrons. The van der Waals surface area contributed by atoms with Crippen molar-refractivity contribution in [2.75, 3.05) is 0 Å². The predicted molar refractivity (Wildman–Crippen MR) is 35.2 cm³/mol. The second-order valence-corrected chi connectivity index (χ2v) is 4.62. The summed E-state index contributed by atoms with van der Waals surface area (Å²) in [7, 11) is 0. The number of carbonyl (C=O) groups is 1. The van der Waals surface area contributed by atoms with Crippen LogP contribution >= 0.6 is 0 Å². The number of ketones is 1. The average Bonchev–Trinajstić information content (AvgIpc) is 2.44. The highest BCUT2D eigenvalue weighted by atomic mass is 16.1. The third kappa shape index (κ3) is 0.179. The molecular formula is C9H10O. The Hall–Kier alpha value is -0.330. The minimum Gasteiger partial charge on any atom is -0.299 e. The molecule has 10 heavy (non-hydrogen) atoms. The Labute approximate surface area is 59.8 Å². The maximum Gasteiger partial charge on any atom is 0.136 e. The summed E-state index contributed by atoms with van der Waals surface area (Å²) in [5.41, 5.74) is 0.315. The van der Waals surface area contributed by atoms with E-state index < -0.39 is 0 Å². The van der Waals surface area contributed by atoms with Gasteiger partial charge in [-0.3, -0.25) is 4.79 Å². The molecule has 1 heteroatoms. The summed E-state index contributed by atoms with van der Waals surface area (Å²) in [6.07, 6.45) is 1.42. The van der Waals surface area contributed by atoms with Crippen molar-refractivity contribution in [3.05, 3.63) is 0 Å². The minimum absolute atomic E-state index is 0.315. The number of hydrogen-bond acceptors (Lipinski definition) is 1. The fraction of sp³-hybridized carbons (Fsp3) is 0.889. The van der Waals surface area contributed by atoms with Crippen LogP contribution in [0.4, 0.5) is 0 Å².